The van der Waals surface area contributed by atoms with Crippen LogP contribution in [-0.2, 0) is 23.5 Å². The summed E-state index contributed by atoms with van der Waals surface area (Å²) >= 11 is 0. The number of rotatable bonds is 5. The zero-order valence-corrected chi connectivity index (χ0v) is 14.4. The van der Waals surface area contributed by atoms with Crippen LogP contribution in [0.15, 0.2) is 53.6 Å². The van der Waals surface area contributed by atoms with Crippen molar-refractivity contribution in [3.63, 3.8) is 0 Å². The van der Waals surface area contributed by atoms with Crippen molar-refractivity contribution in [2.24, 2.45) is 7.05 Å². The van der Waals surface area contributed by atoms with Crippen molar-refractivity contribution < 1.29 is 12.8 Å². The van der Waals surface area contributed by atoms with E-state index in [1.807, 2.05) is 42.1 Å². The summed E-state index contributed by atoms with van der Waals surface area (Å²) in [5, 5.41) is 1.12. The van der Waals surface area contributed by atoms with Gasteiger partial charge >= 0.3 is 0 Å². The molecule has 1 heterocycles. The average molecular weight is 346 g/mol. The second-order valence-electron chi connectivity index (χ2n) is 5.84. The van der Waals surface area contributed by atoms with Crippen LogP contribution in [-0.4, -0.2) is 19.5 Å². The van der Waals surface area contributed by atoms with Crippen molar-refractivity contribution in [2.75, 3.05) is 6.54 Å². The molecule has 0 aliphatic heterocycles. The molecule has 3 aromatic rings. The lowest BCUT2D eigenvalue weighted by atomic mass is 10.1. The fraction of sp³-hybridized carbons (Fsp3) is 0.222. The van der Waals surface area contributed by atoms with Gasteiger partial charge in [-0.2, -0.15) is 0 Å². The molecular weight excluding hydrogens is 327 g/mol. The van der Waals surface area contributed by atoms with Gasteiger partial charge in [0.05, 0.1) is 4.90 Å². The number of hydrogen-bond acceptors (Lipinski definition) is 2. The van der Waals surface area contributed by atoms with Gasteiger partial charge in [-0.3, -0.25) is 0 Å². The first-order valence-corrected chi connectivity index (χ1v) is 9.15. The Morgan fingerprint density at radius 3 is 2.67 bits per heavy atom. The SMILES string of the molecule is Cc1cc(F)ccc1S(=O)(=O)NCCc1cn(C)c2ccccc12. The van der Waals surface area contributed by atoms with E-state index in [9.17, 15) is 12.8 Å². The van der Waals surface area contributed by atoms with Crippen LogP contribution in [0.3, 0.4) is 0 Å². The summed E-state index contributed by atoms with van der Waals surface area (Å²) in [6.07, 6.45) is 2.60. The molecule has 0 unspecified atom stereocenters. The van der Waals surface area contributed by atoms with E-state index in [1.54, 1.807) is 6.92 Å². The van der Waals surface area contributed by atoms with Gasteiger partial charge in [0.1, 0.15) is 5.82 Å². The van der Waals surface area contributed by atoms with Crippen LogP contribution >= 0.6 is 0 Å². The van der Waals surface area contributed by atoms with E-state index in [0.29, 0.717) is 12.0 Å². The molecule has 1 aromatic heterocycles. The lowest BCUT2D eigenvalue weighted by Crippen LogP contribution is -2.26. The predicted octanol–water partition coefficient (Wildman–Crippen LogP) is 3.15. The molecule has 4 nitrogen and oxygen atoms in total. The highest BCUT2D eigenvalue weighted by molar-refractivity contribution is 7.89. The topological polar surface area (TPSA) is 51.1 Å². The Bertz CT molecular complexity index is 993. The Balaban J connectivity index is 1.75. The standard InChI is InChI=1S/C18H19FN2O2S/c1-13-11-15(19)7-8-18(13)24(22,23)20-10-9-14-12-21(2)17-6-4-3-5-16(14)17/h3-8,11-12,20H,9-10H2,1-2H3. The summed E-state index contributed by atoms with van der Waals surface area (Å²) in [5.41, 5.74) is 2.60. The third kappa shape index (κ3) is 3.20. The minimum absolute atomic E-state index is 0.113. The molecule has 0 radical (unpaired) electrons. The molecule has 3 rings (SSSR count). The number of nitrogens with one attached hydrogen (secondary N) is 1. The van der Waals surface area contributed by atoms with Gasteiger partial charge in [-0.15, -0.1) is 0 Å². The van der Waals surface area contributed by atoms with Crippen LogP contribution in [0.2, 0.25) is 0 Å². The van der Waals surface area contributed by atoms with Gasteiger partial charge in [0.25, 0.3) is 0 Å². The maximum absolute atomic E-state index is 13.1. The van der Waals surface area contributed by atoms with Gasteiger partial charge in [0.2, 0.25) is 10.0 Å². The maximum atomic E-state index is 13.1. The van der Waals surface area contributed by atoms with E-state index in [4.69, 9.17) is 0 Å². The Kier molecular flexibility index (Phi) is 4.43. The van der Waals surface area contributed by atoms with Gasteiger partial charge in [0, 0.05) is 30.7 Å². The van der Waals surface area contributed by atoms with Crippen molar-refractivity contribution in [3.8, 4) is 0 Å². The number of nitrogens with zero attached hydrogens (tertiary/aromatic N) is 1. The van der Waals surface area contributed by atoms with Gasteiger partial charge in [-0.05, 0) is 48.7 Å². The van der Waals surface area contributed by atoms with Crippen molar-refractivity contribution in [1.82, 2.24) is 9.29 Å². The molecule has 0 spiro atoms. The van der Waals surface area contributed by atoms with Gasteiger partial charge in [0.15, 0.2) is 0 Å². The molecule has 0 aliphatic carbocycles. The minimum Gasteiger partial charge on any atom is -0.350 e. The third-order valence-electron chi connectivity index (χ3n) is 4.09. The summed E-state index contributed by atoms with van der Waals surface area (Å²) in [5.74, 6) is -0.442. The molecule has 2 aromatic carbocycles. The van der Waals surface area contributed by atoms with Crippen LogP contribution in [0.25, 0.3) is 10.9 Å². The number of sulfonamides is 1. The summed E-state index contributed by atoms with van der Waals surface area (Å²) < 4.78 is 42.5. The van der Waals surface area contributed by atoms with Gasteiger partial charge in [-0.1, -0.05) is 18.2 Å². The molecule has 6 heteroatoms. The second-order valence-corrected chi connectivity index (χ2v) is 7.58. The Labute approximate surface area is 141 Å². The highest BCUT2D eigenvalue weighted by atomic mass is 32.2. The quantitative estimate of drug-likeness (QED) is 0.772. The molecule has 1 N–H and O–H groups in total. The number of aryl methyl sites for hydroxylation is 2. The number of benzene rings is 2. The van der Waals surface area contributed by atoms with E-state index in [0.717, 1.165) is 22.5 Å². The number of para-hydroxylation sites is 1. The molecular formula is C18H19FN2O2S. The Hall–Kier alpha value is -2.18. The molecule has 0 saturated heterocycles. The van der Waals surface area contributed by atoms with E-state index in [-0.39, 0.29) is 11.4 Å². The number of fused-ring (bicyclic) bond motifs is 1. The first kappa shape index (κ1) is 16.7. The lowest BCUT2D eigenvalue weighted by molar-refractivity contribution is 0.580. The molecule has 126 valence electrons. The van der Waals surface area contributed by atoms with E-state index in [2.05, 4.69) is 4.72 Å². The first-order valence-electron chi connectivity index (χ1n) is 7.67. The zero-order valence-electron chi connectivity index (χ0n) is 13.6. The Morgan fingerprint density at radius 1 is 1.17 bits per heavy atom. The molecule has 24 heavy (non-hydrogen) atoms. The largest absolute Gasteiger partial charge is 0.350 e. The second kappa shape index (κ2) is 6.37. The highest BCUT2D eigenvalue weighted by Gasteiger charge is 2.17. The molecule has 0 amide bonds. The highest BCUT2D eigenvalue weighted by Crippen LogP contribution is 2.21. The van der Waals surface area contributed by atoms with Crippen molar-refractivity contribution >= 4 is 20.9 Å². The van der Waals surface area contributed by atoms with Crippen molar-refractivity contribution in [3.05, 3.63) is 65.6 Å². The third-order valence-corrected chi connectivity index (χ3v) is 5.71. The number of halogens is 1. The van der Waals surface area contributed by atoms with Crippen LogP contribution in [0, 0.1) is 12.7 Å². The Morgan fingerprint density at radius 2 is 1.92 bits per heavy atom. The normalized spacial score (nSPS) is 12.0. The predicted molar refractivity (Wildman–Crippen MR) is 92.9 cm³/mol. The van der Waals surface area contributed by atoms with Crippen LogP contribution < -0.4 is 4.72 Å². The molecule has 0 fully saturated rings. The van der Waals surface area contributed by atoms with E-state index in [1.165, 1.54) is 12.1 Å². The van der Waals surface area contributed by atoms with Gasteiger partial charge in [-0.25, -0.2) is 17.5 Å². The summed E-state index contributed by atoms with van der Waals surface area (Å²) in [6.45, 7) is 1.87. The van der Waals surface area contributed by atoms with Crippen LogP contribution in [0.1, 0.15) is 11.1 Å². The monoisotopic (exact) mass is 346 g/mol. The summed E-state index contributed by atoms with van der Waals surface area (Å²) in [7, 11) is -1.68. The summed E-state index contributed by atoms with van der Waals surface area (Å²) in [4.78, 5) is 0.113. The smallest absolute Gasteiger partial charge is 0.240 e. The van der Waals surface area contributed by atoms with Crippen molar-refractivity contribution in [2.45, 2.75) is 18.2 Å². The fourth-order valence-corrected chi connectivity index (χ4v) is 4.19. The minimum atomic E-state index is -3.65. The van der Waals surface area contributed by atoms with Crippen LogP contribution in [0.5, 0.6) is 0 Å². The van der Waals surface area contributed by atoms with Crippen molar-refractivity contribution in [1.29, 1.82) is 0 Å². The summed E-state index contributed by atoms with van der Waals surface area (Å²) in [6, 6.07) is 11.7. The maximum Gasteiger partial charge on any atom is 0.240 e. The van der Waals surface area contributed by atoms with E-state index >= 15 is 0 Å². The van der Waals surface area contributed by atoms with Gasteiger partial charge < -0.3 is 4.57 Å². The molecule has 0 atom stereocenters. The molecule has 0 saturated carbocycles. The van der Waals surface area contributed by atoms with Crippen LogP contribution in [0.4, 0.5) is 4.39 Å². The average Bonchev–Trinajstić information content (AvgIpc) is 2.84. The van der Waals surface area contributed by atoms with E-state index < -0.39 is 15.8 Å². The number of hydrogen-bond donors (Lipinski definition) is 1. The lowest BCUT2D eigenvalue weighted by Gasteiger charge is -2.09. The molecule has 0 aliphatic rings. The first-order chi connectivity index (χ1) is 11.4. The number of aromatic nitrogens is 1. The zero-order chi connectivity index (χ0) is 17.3. The molecule has 0 bridgehead atoms. The fourth-order valence-electron chi connectivity index (χ4n) is 2.94.